The molecule has 0 aromatic rings. The van der Waals surface area contributed by atoms with Crippen molar-refractivity contribution in [1.82, 2.24) is 10.2 Å². The number of hydrogen-bond acceptors (Lipinski definition) is 4. The average Bonchev–Trinajstić information content (AvgIpc) is 2.43. The Balaban J connectivity index is 0. The zero-order valence-electron chi connectivity index (χ0n) is 13.2. The SMILES string of the molecule is CC.CNCC(C)C.O=CC#CCN1CCOCC1. The van der Waals surface area contributed by atoms with Crippen LogP contribution in [0, 0.1) is 17.8 Å². The number of nitrogens with one attached hydrogen (secondary N) is 1. The zero-order chi connectivity index (χ0) is 14.9. The van der Waals surface area contributed by atoms with Gasteiger partial charge in [-0.2, -0.15) is 0 Å². The van der Waals surface area contributed by atoms with E-state index in [0.29, 0.717) is 12.8 Å². The summed E-state index contributed by atoms with van der Waals surface area (Å²) in [5, 5.41) is 3.07. The number of ether oxygens (including phenoxy) is 1. The van der Waals surface area contributed by atoms with E-state index in [0.717, 1.165) is 38.8 Å². The van der Waals surface area contributed by atoms with E-state index in [9.17, 15) is 4.79 Å². The highest BCUT2D eigenvalue weighted by atomic mass is 16.5. The Morgan fingerprint density at radius 1 is 1.32 bits per heavy atom. The fourth-order valence-corrected chi connectivity index (χ4v) is 1.37. The third-order valence-electron chi connectivity index (χ3n) is 2.18. The van der Waals surface area contributed by atoms with E-state index in [-0.39, 0.29) is 0 Å². The van der Waals surface area contributed by atoms with Gasteiger partial charge >= 0.3 is 0 Å². The summed E-state index contributed by atoms with van der Waals surface area (Å²) in [6.07, 6.45) is 0.625. The molecule has 1 N–H and O–H groups in total. The summed E-state index contributed by atoms with van der Waals surface area (Å²) in [6.45, 7) is 13.6. The van der Waals surface area contributed by atoms with Crippen LogP contribution in [0.5, 0.6) is 0 Å². The molecule has 0 spiro atoms. The highest BCUT2D eigenvalue weighted by Crippen LogP contribution is 1.94. The lowest BCUT2D eigenvalue weighted by Crippen LogP contribution is -2.36. The van der Waals surface area contributed by atoms with E-state index in [2.05, 4.69) is 35.9 Å². The second kappa shape index (κ2) is 17.1. The summed E-state index contributed by atoms with van der Waals surface area (Å²) in [6, 6.07) is 0. The van der Waals surface area contributed by atoms with E-state index in [1.54, 1.807) is 0 Å². The van der Waals surface area contributed by atoms with Crippen LogP contribution in [0.25, 0.3) is 0 Å². The molecule has 4 heteroatoms. The minimum Gasteiger partial charge on any atom is -0.379 e. The van der Waals surface area contributed by atoms with Crippen molar-refractivity contribution in [3.05, 3.63) is 0 Å². The topological polar surface area (TPSA) is 41.6 Å². The van der Waals surface area contributed by atoms with E-state index >= 15 is 0 Å². The zero-order valence-corrected chi connectivity index (χ0v) is 13.2. The molecule has 1 heterocycles. The van der Waals surface area contributed by atoms with Crippen molar-refractivity contribution >= 4 is 6.29 Å². The van der Waals surface area contributed by atoms with Gasteiger partial charge in [-0.1, -0.05) is 33.6 Å². The van der Waals surface area contributed by atoms with Crippen LogP contribution in [-0.4, -0.2) is 57.6 Å². The van der Waals surface area contributed by atoms with Gasteiger partial charge in [0.25, 0.3) is 0 Å². The van der Waals surface area contributed by atoms with Gasteiger partial charge in [0.1, 0.15) is 0 Å². The van der Waals surface area contributed by atoms with Gasteiger partial charge in [0, 0.05) is 13.1 Å². The lowest BCUT2D eigenvalue weighted by Gasteiger charge is -2.24. The average molecular weight is 270 g/mol. The van der Waals surface area contributed by atoms with Crippen molar-refractivity contribution in [2.45, 2.75) is 27.7 Å². The maximum absolute atomic E-state index is 9.83. The van der Waals surface area contributed by atoms with Crippen molar-refractivity contribution < 1.29 is 9.53 Å². The van der Waals surface area contributed by atoms with Crippen LogP contribution in [-0.2, 0) is 9.53 Å². The van der Waals surface area contributed by atoms with Crippen molar-refractivity contribution in [3.63, 3.8) is 0 Å². The van der Waals surface area contributed by atoms with E-state index in [1.165, 1.54) is 0 Å². The largest absolute Gasteiger partial charge is 0.379 e. The fourth-order valence-electron chi connectivity index (χ4n) is 1.37. The highest BCUT2D eigenvalue weighted by Gasteiger charge is 2.07. The molecule has 0 aromatic heterocycles. The summed E-state index contributed by atoms with van der Waals surface area (Å²) >= 11 is 0. The Labute approximate surface area is 118 Å². The third-order valence-corrected chi connectivity index (χ3v) is 2.18. The monoisotopic (exact) mass is 270 g/mol. The van der Waals surface area contributed by atoms with Gasteiger partial charge < -0.3 is 10.1 Å². The number of hydrogen-bond donors (Lipinski definition) is 1. The maximum atomic E-state index is 9.83. The molecule has 1 fully saturated rings. The molecule has 1 aliphatic heterocycles. The molecule has 0 unspecified atom stereocenters. The minimum absolute atomic E-state index is 0.625. The van der Waals surface area contributed by atoms with Gasteiger partial charge in [-0.15, -0.1) is 0 Å². The van der Waals surface area contributed by atoms with E-state index in [1.807, 2.05) is 20.9 Å². The smallest absolute Gasteiger partial charge is 0.192 e. The van der Waals surface area contributed by atoms with Crippen molar-refractivity contribution in [2.24, 2.45) is 5.92 Å². The number of carbonyl (C=O) groups is 1. The first-order valence-corrected chi connectivity index (χ1v) is 7.07. The number of aldehydes is 1. The van der Waals surface area contributed by atoms with Crippen LogP contribution in [0.2, 0.25) is 0 Å². The molecule has 112 valence electrons. The van der Waals surface area contributed by atoms with Crippen LogP contribution >= 0.6 is 0 Å². The molecule has 0 aromatic carbocycles. The van der Waals surface area contributed by atoms with Gasteiger partial charge in [0.05, 0.1) is 19.8 Å². The molecule has 0 aliphatic carbocycles. The molecule has 0 amide bonds. The summed E-state index contributed by atoms with van der Waals surface area (Å²) in [4.78, 5) is 12.0. The second-order valence-electron chi connectivity index (χ2n) is 4.28. The van der Waals surface area contributed by atoms with Crippen LogP contribution in [0.4, 0.5) is 0 Å². The molecular formula is C15H30N2O2. The lowest BCUT2D eigenvalue weighted by atomic mass is 10.2. The van der Waals surface area contributed by atoms with Crippen LogP contribution < -0.4 is 5.32 Å². The Bertz CT molecular complexity index is 238. The second-order valence-corrected chi connectivity index (χ2v) is 4.28. The number of nitrogens with zero attached hydrogens (tertiary/aromatic N) is 1. The number of carbonyl (C=O) groups excluding carboxylic acids is 1. The number of rotatable bonds is 3. The molecule has 1 aliphatic rings. The van der Waals surface area contributed by atoms with Crippen molar-refractivity contribution in [2.75, 3.05) is 46.4 Å². The van der Waals surface area contributed by atoms with Gasteiger partial charge in [-0.25, -0.2) is 0 Å². The van der Waals surface area contributed by atoms with Gasteiger partial charge in [0.2, 0.25) is 0 Å². The predicted octanol–water partition coefficient (Wildman–Crippen LogP) is 1.41. The van der Waals surface area contributed by atoms with Crippen LogP contribution in [0.15, 0.2) is 0 Å². The lowest BCUT2D eigenvalue weighted by molar-refractivity contribution is -0.103. The van der Waals surface area contributed by atoms with Crippen LogP contribution in [0.1, 0.15) is 27.7 Å². The summed E-state index contributed by atoms with van der Waals surface area (Å²) in [7, 11) is 1.97. The maximum Gasteiger partial charge on any atom is 0.192 e. The molecule has 19 heavy (non-hydrogen) atoms. The Morgan fingerprint density at radius 3 is 2.26 bits per heavy atom. The Morgan fingerprint density at radius 2 is 1.89 bits per heavy atom. The predicted molar refractivity (Wildman–Crippen MR) is 81.2 cm³/mol. The number of morpholine rings is 1. The standard InChI is InChI=1S/C8H11NO2.C5H13N.C2H6/c10-6-2-1-3-9-4-7-11-8-5-9;1-5(2)4-6-3;1-2/h6H,3-5,7-8H2;5-6H,4H2,1-3H3;1-2H3. The minimum atomic E-state index is 0.625. The van der Waals surface area contributed by atoms with Crippen molar-refractivity contribution in [1.29, 1.82) is 0 Å². The van der Waals surface area contributed by atoms with Crippen molar-refractivity contribution in [3.8, 4) is 11.8 Å². The molecule has 4 nitrogen and oxygen atoms in total. The summed E-state index contributed by atoms with van der Waals surface area (Å²) in [5.74, 6) is 5.93. The van der Waals surface area contributed by atoms with Gasteiger partial charge in [-0.05, 0) is 25.4 Å². The van der Waals surface area contributed by atoms with Gasteiger partial charge in [0.15, 0.2) is 6.29 Å². The van der Waals surface area contributed by atoms with E-state index < -0.39 is 0 Å². The van der Waals surface area contributed by atoms with Gasteiger partial charge in [-0.3, -0.25) is 9.69 Å². The van der Waals surface area contributed by atoms with Crippen LogP contribution in [0.3, 0.4) is 0 Å². The Hall–Kier alpha value is -0.890. The molecule has 0 radical (unpaired) electrons. The first-order chi connectivity index (χ1) is 9.20. The Kier molecular flexibility index (Phi) is 18.4. The molecule has 1 rings (SSSR count). The highest BCUT2D eigenvalue weighted by molar-refractivity contribution is 5.72. The fraction of sp³-hybridized carbons (Fsp3) is 0.800. The first-order valence-electron chi connectivity index (χ1n) is 7.07. The molecule has 0 saturated carbocycles. The molecular weight excluding hydrogens is 240 g/mol. The summed E-state index contributed by atoms with van der Waals surface area (Å²) < 4.78 is 5.15. The molecule has 0 bridgehead atoms. The van der Waals surface area contributed by atoms with E-state index in [4.69, 9.17) is 4.74 Å². The third kappa shape index (κ3) is 17.1. The summed E-state index contributed by atoms with van der Waals surface area (Å²) in [5.41, 5.74) is 0. The first kappa shape index (κ1) is 20.4. The molecule has 1 saturated heterocycles. The quantitative estimate of drug-likeness (QED) is 0.622. The molecule has 0 atom stereocenters. The normalized spacial score (nSPS) is 14.2.